The van der Waals surface area contributed by atoms with Crippen molar-refractivity contribution in [1.29, 1.82) is 0 Å². The molecule has 0 unspecified atom stereocenters. The van der Waals surface area contributed by atoms with Crippen molar-refractivity contribution >= 4 is 45.7 Å². The van der Waals surface area contributed by atoms with Crippen LogP contribution in [0.3, 0.4) is 0 Å². The lowest BCUT2D eigenvalue weighted by Crippen LogP contribution is -2.15. The topological polar surface area (TPSA) is 59.8 Å². The van der Waals surface area contributed by atoms with Crippen LogP contribution in [-0.4, -0.2) is 26.4 Å². The summed E-state index contributed by atoms with van der Waals surface area (Å²) in [6.45, 7) is 4.41. The van der Waals surface area contributed by atoms with E-state index in [4.69, 9.17) is 11.6 Å². The molecule has 7 heteroatoms. The zero-order valence-corrected chi connectivity index (χ0v) is 18.4. The van der Waals surface area contributed by atoms with Crippen LogP contribution in [0.15, 0.2) is 84.5 Å². The van der Waals surface area contributed by atoms with Gasteiger partial charge in [-0.3, -0.25) is 4.79 Å². The molecule has 0 fully saturated rings. The first kappa shape index (κ1) is 21.2. The van der Waals surface area contributed by atoms with Crippen LogP contribution in [0.2, 0.25) is 5.02 Å². The molecule has 31 heavy (non-hydrogen) atoms. The number of hydrogen-bond acceptors (Lipinski definition) is 4. The van der Waals surface area contributed by atoms with E-state index in [1.54, 1.807) is 6.08 Å². The summed E-state index contributed by atoms with van der Waals surface area (Å²) < 4.78 is 1.98. The van der Waals surface area contributed by atoms with Crippen LogP contribution in [0.5, 0.6) is 0 Å². The average Bonchev–Trinajstić information content (AvgIpc) is 3.16. The van der Waals surface area contributed by atoms with Gasteiger partial charge in [0.25, 0.3) is 0 Å². The maximum Gasteiger partial charge on any atom is 0.234 e. The number of allylic oxidation sites excluding steroid dienone is 1. The van der Waals surface area contributed by atoms with Gasteiger partial charge in [0.1, 0.15) is 5.82 Å². The monoisotopic (exact) mass is 448 g/mol. The summed E-state index contributed by atoms with van der Waals surface area (Å²) in [7, 11) is 0. The lowest BCUT2D eigenvalue weighted by molar-refractivity contribution is -0.113. The fourth-order valence-corrected chi connectivity index (χ4v) is 4.20. The van der Waals surface area contributed by atoms with E-state index < -0.39 is 0 Å². The van der Waals surface area contributed by atoms with Gasteiger partial charge >= 0.3 is 0 Å². The Bertz CT molecular complexity index is 1210. The number of carbonyl (C=O) groups is 1. The van der Waals surface area contributed by atoms with Gasteiger partial charge in [0.05, 0.1) is 5.75 Å². The Morgan fingerprint density at radius 1 is 1.06 bits per heavy atom. The molecule has 0 radical (unpaired) electrons. The summed E-state index contributed by atoms with van der Waals surface area (Å²) in [4.78, 5) is 12.6. The highest BCUT2D eigenvalue weighted by atomic mass is 35.5. The lowest BCUT2D eigenvalue weighted by Gasteiger charge is -2.10. The van der Waals surface area contributed by atoms with Gasteiger partial charge in [0.2, 0.25) is 5.91 Å². The number of thioether (sulfide) groups is 1. The van der Waals surface area contributed by atoms with E-state index in [1.165, 1.54) is 11.8 Å². The van der Waals surface area contributed by atoms with Gasteiger partial charge in [-0.2, -0.15) is 0 Å². The van der Waals surface area contributed by atoms with Gasteiger partial charge in [-0.1, -0.05) is 78.0 Å². The molecule has 0 spiro atoms. The fourth-order valence-electron chi connectivity index (χ4n) is 3.30. The molecule has 1 heterocycles. The first-order valence-electron chi connectivity index (χ1n) is 9.82. The van der Waals surface area contributed by atoms with E-state index in [-0.39, 0.29) is 11.7 Å². The zero-order chi connectivity index (χ0) is 21.6. The van der Waals surface area contributed by atoms with Crippen molar-refractivity contribution in [1.82, 2.24) is 14.8 Å². The highest BCUT2D eigenvalue weighted by molar-refractivity contribution is 7.99. The predicted octanol–water partition coefficient (Wildman–Crippen LogP) is 5.59. The van der Waals surface area contributed by atoms with Crippen LogP contribution in [0, 0.1) is 0 Å². The molecule has 0 aliphatic carbocycles. The van der Waals surface area contributed by atoms with Crippen LogP contribution < -0.4 is 5.32 Å². The standard InChI is InChI=1S/C24H21ClN4OS/c1-2-14-29-22(15-17-10-12-19(25)13-11-17)27-28-24(29)31-16-23(30)26-21-9-5-7-18-6-3-4-8-20(18)21/h2-13H,1,14-16H2,(H,26,30). The van der Waals surface area contributed by atoms with Crippen molar-refractivity contribution in [2.24, 2.45) is 0 Å². The number of rotatable bonds is 8. The van der Waals surface area contributed by atoms with Crippen LogP contribution in [-0.2, 0) is 17.8 Å². The van der Waals surface area contributed by atoms with Crippen LogP contribution in [0.4, 0.5) is 5.69 Å². The minimum Gasteiger partial charge on any atom is -0.325 e. The molecule has 1 aromatic heterocycles. The number of carbonyl (C=O) groups excluding carboxylic acids is 1. The van der Waals surface area contributed by atoms with Gasteiger partial charge in [-0.05, 0) is 29.1 Å². The Morgan fingerprint density at radius 2 is 1.84 bits per heavy atom. The highest BCUT2D eigenvalue weighted by Crippen LogP contribution is 2.24. The van der Waals surface area contributed by atoms with Gasteiger partial charge in [-0.25, -0.2) is 0 Å². The molecule has 0 atom stereocenters. The molecule has 0 saturated heterocycles. The second-order valence-electron chi connectivity index (χ2n) is 6.96. The van der Waals surface area contributed by atoms with Gasteiger partial charge in [-0.15, -0.1) is 16.8 Å². The Morgan fingerprint density at radius 3 is 2.65 bits per heavy atom. The van der Waals surface area contributed by atoms with E-state index in [1.807, 2.05) is 71.3 Å². The summed E-state index contributed by atoms with van der Waals surface area (Å²) >= 11 is 7.34. The molecule has 1 amide bonds. The van der Waals surface area contributed by atoms with Crippen molar-refractivity contribution in [2.45, 2.75) is 18.1 Å². The molecule has 0 bridgehead atoms. The van der Waals surface area contributed by atoms with E-state index in [0.717, 1.165) is 27.8 Å². The summed E-state index contributed by atoms with van der Waals surface area (Å²) in [5, 5.41) is 15.1. The molecule has 156 valence electrons. The number of benzene rings is 3. The normalized spacial score (nSPS) is 10.9. The van der Waals surface area contributed by atoms with Gasteiger partial charge < -0.3 is 9.88 Å². The van der Waals surface area contributed by atoms with Crippen LogP contribution in [0.25, 0.3) is 10.8 Å². The third-order valence-corrected chi connectivity index (χ3v) is 6.00. The van der Waals surface area contributed by atoms with Crippen molar-refractivity contribution in [2.75, 3.05) is 11.1 Å². The number of anilines is 1. The van der Waals surface area contributed by atoms with Crippen LogP contribution >= 0.6 is 23.4 Å². The maximum absolute atomic E-state index is 12.6. The molecule has 4 aromatic rings. The molecule has 0 aliphatic heterocycles. The van der Waals surface area contributed by atoms with Gasteiger partial charge in [0, 0.05) is 29.1 Å². The SMILES string of the molecule is C=CCn1c(Cc2ccc(Cl)cc2)nnc1SCC(=O)Nc1cccc2ccccc12. The van der Waals surface area contributed by atoms with E-state index in [0.29, 0.717) is 23.1 Å². The van der Waals surface area contributed by atoms with E-state index in [9.17, 15) is 4.79 Å². The average molecular weight is 449 g/mol. The quantitative estimate of drug-likeness (QED) is 0.282. The molecule has 3 aromatic carbocycles. The third-order valence-electron chi connectivity index (χ3n) is 4.78. The second kappa shape index (κ2) is 9.81. The minimum atomic E-state index is -0.0891. The number of hydrogen-bond donors (Lipinski definition) is 1. The molecule has 5 nitrogen and oxygen atoms in total. The first-order valence-corrected chi connectivity index (χ1v) is 11.2. The number of nitrogens with one attached hydrogen (secondary N) is 1. The summed E-state index contributed by atoms with van der Waals surface area (Å²) in [5.74, 6) is 0.965. The Hall–Kier alpha value is -3.09. The predicted molar refractivity (Wildman–Crippen MR) is 128 cm³/mol. The van der Waals surface area contributed by atoms with E-state index >= 15 is 0 Å². The van der Waals surface area contributed by atoms with Gasteiger partial charge in [0.15, 0.2) is 5.16 Å². The molecular weight excluding hydrogens is 428 g/mol. The first-order chi connectivity index (χ1) is 15.1. The Kier molecular flexibility index (Phi) is 6.70. The third kappa shape index (κ3) is 5.16. The molecule has 0 aliphatic rings. The number of aromatic nitrogens is 3. The number of nitrogens with zero attached hydrogens (tertiary/aromatic N) is 3. The summed E-state index contributed by atoms with van der Waals surface area (Å²) in [6.07, 6.45) is 2.43. The van der Waals surface area contributed by atoms with Crippen LogP contribution in [0.1, 0.15) is 11.4 Å². The summed E-state index contributed by atoms with van der Waals surface area (Å²) in [5.41, 5.74) is 1.90. The zero-order valence-electron chi connectivity index (χ0n) is 16.8. The largest absolute Gasteiger partial charge is 0.325 e. The Labute approximate surface area is 190 Å². The number of amides is 1. The van der Waals surface area contributed by atoms with E-state index in [2.05, 4.69) is 22.1 Å². The van der Waals surface area contributed by atoms with Crippen molar-refractivity contribution in [3.8, 4) is 0 Å². The second-order valence-corrected chi connectivity index (χ2v) is 8.34. The lowest BCUT2D eigenvalue weighted by atomic mass is 10.1. The smallest absolute Gasteiger partial charge is 0.234 e. The fraction of sp³-hybridized carbons (Fsp3) is 0.125. The van der Waals surface area contributed by atoms with Crippen molar-refractivity contribution < 1.29 is 4.79 Å². The molecule has 4 rings (SSSR count). The van der Waals surface area contributed by atoms with Crippen molar-refractivity contribution in [3.05, 3.63) is 95.8 Å². The Balaban J connectivity index is 1.45. The molecular formula is C24H21ClN4OS. The summed E-state index contributed by atoms with van der Waals surface area (Å²) in [6, 6.07) is 21.5. The number of halogens is 1. The maximum atomic E-state index is 12.6. The highest BCUT2D eigenvalue weighted by Gasteiger charge is 2.14. The molecule has 0 saturated carbocycles. The minimum absolute atomic E-state index is 0.0891. The molecule has 1 N–H and O–H groups in total. The van der Waals surface area contributed by atoms with Crippen molar-refractivity contribution in [3.63, 3.8) is 0 Å². The number of fused-ring (bicyclic) bond motifs is 1.